The number of piperazine rings is 1. The van der Waals surface area contributed by atoms with E-state index >= 15 is 0 Å². The molecule has 1 saturated carbocycles. The van der Waals surface area contributed by atoms with Gasteiger partial charge in [0.15, 0.2) is 0 Å². The minimum atomic E-state index is 0.315. The maximum absolute atomic E-state index is 3.79. The zero-order valence-corrected chi connectivity index (χ0v) is 12.4. The average molecular weight is 258 g/mol. The molecule has 0 radical (unpaired) electrons. The van der Waals surface area contributed by atoms with Gasteiger partial charge in [-0.15, -0.1) is 0 Å². The molecule has 2 nitrogen and oxygen atoms in total. The summed E-state index contributed by atoms with van der Waals surface area (Å²) < 4.78 is 0. The SMILES string of the molecule is CCc1ccc(N2CC(C)(C3CC3)NCC2C)cc1. The zero-order valence-electron chi connectivity index (χ0n) is 12.4. The summed E-state index contributed by atoms with van der Waals surface area (Å²) in [6.45, 7) is 9.19. The van der Waals surface area contributed by atoms with Crippen molar-refractivity contribution >= 4 is 5.69 Å². The molecule has 104 valence electrons. The molecule has 1 aliphatic carbocycles. The Morgan fingerprint density at radius 1 is 1.26 bits per heavy atom. The minimum Gasteiger partial charge on any atom is -0.366 e. The Bertz CT molecular complexity index is 435. The predicted octanol–water partition coefficient (Wildman–Crippen LogP) is 3.22. The summed E-state index contributed by atoms with van der Waals surface area (Å²) in [5.74, 6) is 0.886. The molecule has 2 atom stereocenters. The van der Waals surface area contributed by atoms with Crippen molar-refractivity contribution < 1.29 is 0 Å². The summed E-state index contributed by atoms with van der Waals surface area (Å²) in [6, 6.07) is 9.73. The summed E-state index contributed by atoms with van der Waals surface area (Å²) in [4.78, 5) is 2.59. The molecule has 1 saturated heterocycles. The first-order valence-electron chi connectivity index (χ1n) is 7.73. The van der Waals surface area contributed by atoms with Crippen LogP contribution in [0, 0.1) is 5.92 Å². The molecule has 19 heavy (non-hydrogen) atoms. The van der Waals surface area contributed by atoms with Gasteiger partial charge in [-0.25, -0.2) is 0 Å². The molecule has 1 heterocycles. The van der Waals surface area contributed by atoms with Crippen molar-refractivity contribution in [3.63, 3.8) is 0 Å². The minimum absolute atomic E-state index is 0.315. The van der Waals surface area contributed by atoms with E-state index in [1.54, 1.807) is 0 Å². The van der Waals surface area contributed by atoms with Gasteiger partial charge >= 0.3 is 0 Å². The second-order valence-electron chi connectivity index (χ2n) is 6.57. The number of hydrogen-bond donors (Lipinski definition) is 1. The van der Waals surface area contributed by atoms with Gasteiger partial charge in [0.25, 0.3) is 0 Å². The van der Waals surface area contributed by atoms with Gasteiger partial charge in [-0.1, -0.05) is 19.1 Å². The van der Waals surface area contributed by atoms with E-state index in [4.69, 9.17) is 0 Å². The Balaban J connectivity index is 1.80. The average Bonchev–Trinajstić information content (AvgIpc) is 3.27. The summed E-state index contributed by atoms with van der Waals surface area (Å²) >= 11 is 0. The van der Waals surface area contributed by atoms with Gasteiger partial charge in [-0.2, -0.15) is 0 Å². The van der Waals surface area contributed by atoms with Crippen LogP contribution < -0.4 is 10.2 Å². The van der Waals surface area contributed by atoms with Gasteiger partial charge in [0.05, 0.1) is 0 Å². The standard InChI is InChI=1S/C17H26N2/c1-4-14-5-9-16(10-6-14)19-12-17(3,15-7-8-15)18-11-13(19)2/h5-6,9-10,13,15,18H,4,7-8,11-12H2,1-3H3. The van der Waals surface area contributed by atoms with Crippen molar-refractivity contribution in [3.8, 4) is 0 Å². The summed E-state index contributed by atoms with van der Waals surface area (Å²) in [5.41, 5.74) is 3.13. The van der Waals surface area contributed by atoms with Gasteiger partial charge in [-0.3, -0.25) is 0 Å². The van der Waals surface area contributed by atoms with E-state index in [2.05, 4.69) is 55.3 Å². The van der Waals surface area contributed by atoms with Crippen LogP contribution in [0.1, 0.15) is 39.2 Å². The molecule has 0 spiro atoms. The third-order valence-electron chi connectivity index (χ3n) is 4.99. The van der Waals surface area contributed by atoms with Crippen molar-refractivity contribution in [2.45, 2.75) is 51.6 Å². The molecule has 2 heteroatoms. The van der Waals surface area contributed by atoms with E-state index in [1.165, 1.54) is 24.1 Å². The van der Waals surface area contributed by atoms with Gasteiger partial charge in [0.1, 0.15) is 0 Å². The molecule has 1 aromatic carbocycles. The van der Waals surface area contributed by atoms with E-state index in [0.29, 0.717) is 11.6 Å². The van der Waals surface area contributed by atoms with Gasteiger partial charge in [0, 0.05) is 30.4 Å². The Kier molecular flexibility index (Phi) is 3.30. The number of benzene rings is 1. The maximum Gasteiger partial charge on any atom is 0.0387 e. The molecule has 2 unspecified atom stereocenters. The van der Waals surface area contributed by atoms with Crippen LogP contribution in [0.15, 0.2) is 24.3 Å². The number of aryl methyl sites for hydroxylation is 1. The highest BCUT2D eigenvalue weighted by atomic mass is 15.3. The highest BCUT2D eigenvalue weighted by Crippen LogP contribution is 2.42. The highest BCUT2D eigenvalue weighted by Gasteiger charge is 2.45. The number of hydrogen-bond acceptors (Lipinski definition) is 2. The fourth-order valence-corrected chi connectivity index (χ4v) is 3.32. The zero-order chi connectivity index (χ0) is 13.5. The van der Waals surface area contributed by atoms with Crippen molar-refractivity contribution in [1.29, 1.82) is 0 Å². The summed E-state index contributed by atoms with van der Waals surface area (Å²) in [7, 11) is 0. The molecule has 2 fully saturated rings. The van der Waals surface area contributed by atoms with Crippen LogP contribution in [-0.2, 0) is 6.42 Å². The molecule has 0 bridgehead atoms. The van der Waals surface area contributed by atoms with Gasteiger partial charge in [-0.05, 0) is 56.7 Å². The Morgan fingerprint density at radius 3 is 2.53 bits per heavy atom. The molecule has 3 rings (SSSR count). The molecule has 1 aliphatic heterocycles. The van der Waals surface area contributed by atoms with Crippen LogP contribution in [-0.4, -0.2) is 24.7 Å². The third kappa shape index (κ3) is 2.51. The smallest absolute Gasteiger partial charge is 0.0387 e. The van der Waals surface area contributed by atoms with Crippen LogP contribution >= 0.6 is 0 Å². The van der Waals surface area contributed by atoms with E-state index in [-0.39, 0.29) is 0 Å². The van der Waals surface area contributed by atoms with E-state index in [0.717, 1.165) is 25.4 Å². The monoisotopic (exact) mass is 258 g/mol. The Labute approximate surface area is 117 Å². The second-order valence-corrected chi connectivity index (χ2v) is 6.57. The lowest BCUT2D eigenvalue weighted by Gasteiger charge is -2.47. The fraction of sp³-hybridized carbons (Fsp3) is 0.647. The molecule has 1 N–H and O–H groups in total. The van der Waals surface area contributed by atoms with Crippen LogP contribution in [0.4, 0.5) is 5.69 Å². The Morgan fingerprint density at radius 2 is 1.95 bits per heavy atom. The summed E-state index contributed by atoms with van der Waals surface area (Å²) in [5, 5.41) is 3.79. The van der Waals surface area contributed by atoms with Crippen LogP contribution in [0.3, 0.4) is 0 Å². The topological polar surface area (TPSA) is 15.3 Å². The first-order chi connectivity index (χ1) is 9.12. The number of nitrogens with zero attached hydrogens (tertiary/aromatic N) is 1. The first kappa shape index (κ1) is 13.0. The van der Waals surface area contributed by atoms with E-state index in [1.807, 2.05) is 0 Å². The molecule has 1 aromatic rings. The number of anilines is 1. The van der Waals surface area contributed by atoms with Crippen molar-refractivity contribution in [2.24, 2.45) is 5.92 Å². The lowest BCUT2D eigenvalue weighted by molar-refractivity contribution is 0.261. The quantitative estimate of drug-likeness (QED) is 0.895. The van der Waals surface area contributed by atoms with Crippen molar-refractivity contribution in [3.05, 3.63) is 29.8 Å². The highest BCUT2D eigenvalue weighted by molar-refractivity contribution is 5.50. The van der Waals surface area contributed by atoms with Crippen LogP contribution in [0.25, 0.3) is 0 Å². The second kappa shape index (κ2) is 4.82. The molecular weight excluding hydrogens is 232 g/mol. The Hall–Kier alpha value is -1.02. The molecular formula is C17H26N2. The largest absolute Gasteiger partial charge is 0.366 e. The molecule has 0 aromatic heterocycles. The number of nitrogens with one attached hydrogen (secondary N) is 1. The van der Waals surface area contributed by atoms with Crippen LogP contribution in [0.2, 0.25) is 0 Å². The van der Waals surface area contributed by atoms with E-state index < -0.39 is 0 Å². The van der Waals surface area contributed by atoms with Gasteiger partial charge < -0.3 is 10.2 Å². The predicted molar refractivity (Wildman–Crippen MR) is 81.8 cm³/mol. The lowest BCUT2D eigenvalue weighted by atomic mass is 9.90. The van der Waals surface area contributed by atoms with Gasteiger partial charge in [0.2, 0.25) is 0 Å². The maximum atomic E-state index is 3.79. The van der Waals surface area contributed by atoms with Crippen LogP contribution in [0.5, 0.6) is 0 Å². The summed E-state index contributed by atoms with van der Waals surface area (Å²) in [6.07, 6.45) is 3.93. The van der Waals surface area contributed by atoms with Crippen molar-refractivity contribution in [2.75, 3.05) is 18.0 Å². The molecule has 0 amide bonds. The fourth-order valence-electron chi connectivity index (χ4n) is 3.32. The first-order valence-corrected chi connectivity index (χ1v) is 7.73. The van der Waals surface area contributed by atoms with Crippen molar-refractivity contribution in [1.82, 2.24) is 5.32 Å². The third-order valence-corrected chi connectivity index (χ3v) is 4.99. The van der Waals surface area contributed by atoms with E-state index in [9.17, 15) is 0 Å². The normalized spacial score (nSPS) is 31.5. The lowest BCUT2D eigenvalue weighted by Crippen LogP contribution is -2.63. The molecule has 2 aliphatic rings. The number of rotatable bonds is 3.